The average molecular weight is 340 g/mol. The molecule has 3 rings (SSSR count). The number of nitrogens with zero attached hydrogens (tertiary/aromatic N) is 3. The van der Waals surface area contributed by atoms with E-state index in [4.69, 9.17) is 0 Å². The molecule has 0 radical (unpaired) electrons. The van der Waals surface area contributed by atoms with Crippen LogP contribution < -0.4 is 4.90 Å². The van der Waals surface area contributed by atoms with Gasteiger partial charge in [-0.15, -0.1) is 0 Å². The molecule has 2 fully saturated rings. The highest BCUT2D eigenvalue weighted by Gasteiger charge is 2.36. The van der Waals surface area contributed by atoms with Crippen molar-refractivity contribution in [2.45, 2.75) is 44.6 Å². The number of rotatable bonds is 3. The molecule has 1 aromatic heterocycles. The van der Waals surface area contributed by atoms with Crippen molar-refractivity contribution < 1.29 is 4.92 Å². The summed E-state index contributed by atoms with van der Waals surface area (Å²) in [4.78, 5) is 17.5. The van der Waals surface area contributed by atoms with E-state index < -0.39 is 0 Å². The van der Waals surface area contributed by atoms with Crippen LogP contribution in [0, 0.1) is 16.0 Å². The van der Waals surface area contributed by atoms with Crippen molar-refractivity contribution >= 4 is 27.4 Å². The maximum Gasteiger partial charge on any atom is 0.312 e. The summed E-state index contributed by atoms with van der Waals surface area (Å²) in [5.41, 5.74) is 0.115. The van der Waals surface area contributed by atoms with E-state index in [-0.39, 0.29) is 10.6 Å². The first kappa shape index (κ1) is 13.8. The molecule has 1 aliphatic carbocycles. The molecule has 2 heterocycles. The maximum absolute atomic E-state index is 11.3. The number of hydrogen-bond donors (Lipinski definition) is 0. The summed E-state index contributed by atoms with van der Waals surface area (Å²) in [5.74, 6) is 1.23. The Bertz CT molecular complexity index is 517. The molecule has 0 N–H and O–H groups in total. The number of aromatic nitrogens is 1. The molecule has 5 nitrogen and oxygen atoms in total. The van der Waals surface area contributed by atoms with Crippen LogP contribution in [0.25, 0.3) is 0 Å². The molecule has 1 saturated heterocycles. The monoisotopic (exact) mass is 339 g/mol. The molecule has 0 bridgehead atoms. The molecule has 0 amide bonds. The van der Waals surface area contributed by atoms with Gasteiger partial charge in [-0.1, -0.05) is 12.8 Å². The summed E-state index contributed by atoms with van der Waals surface area (Å²) < 4.78 is 0.657. The summed E-state index contributed by atoms with van der Waals surface area (Å²) in [5, 5.41) is 11.3. The van der Waals surface area contributed by atoms with Crippen LogP contribution in [-0.2, 0) is 0 Å². The molecule has 6 heteroatoms. The van der Waals surface area contributed by atoms with Crippen LogP contribution in [0.3, 0.4) is 0 Å². The summed E-state index contributed by atoms with van der Waals surface area (Å²) >= 11 is 3.27. The van der Waals surface area contributed by atoms with Crippen molar-refractivity contribution in [3.8, 4) is 0 Å². The first-order valence-corrected chi connectivity index (χ1v) is 8.02. The van der Waals surface area contributed by atoms with Crippen LogP contribution in [-0.4, -0.2) is 22.5 Å². The van der Waals surface area contributed by atoms with Crippen LogP contribution in [0.2, 0.25) is 0 Å². The minimum Gasteiger partial charge on any atom is -0.348 e. The summed E-state index contributed by atoms with van der Waals surface area (Å²) in [6.07, 6.45) is 9.01. The number of hydrogen-bond acceptors (Lipinski definition) is 4. The summed E-state index contributed by atoms with van der Waals surface area (Å²) in [7, 11) is 0. The molecule has 1 aliphatic heterocycles. The Morgan fingerprint density at radius 2 is 2.05 bits per heavy atom. The van der Waals surface area contributed by atoms with Crippen molar-refractivity contribution in [2.24, 2.45) is 5.92 Å². The third-order valence-electron chi connectivity index (χ3n) is 4.53. The predicted molar refractivity (Wildman–Crippen MR) is 80.9 cm³/mol. The molecular weight excluding hydrogens is 322 g/mol. The van der Waals surface area contributed by atoms with Crippen LogP contribution in [0.5, 0.6) is 0 Å². The number of nitro groups is 1. The molecule has 0 aromatic carbocycles. The highest BCUT2D eigenvalue weighted by atomic mass is 79.9. The molecule has 1 atom stereocenters. The smallest absolute Gasteiger partial charge is 0.312 e. The summed E-state index contributed by atoms with van der Waals surface area (Å²) in [6.45, 7) is 0.886. The number of pyridine rings is 1. The first-order valence-electron chi connectivity index (χ1n) is 7.23. The predicted octanol–water partition coefficient (Wildman–Crippen LogP) is 3.91. The lowest BCUT2D eigenvalue weighted by molar-refractivity contribution is -0.384. The quantitative estimate of drug-likeness (QED) is 0.618. The van der Waals surface area contributed by atoms with E-state index in [1.807, 2.05) is 0 Å². The van der Waals surface area contributed by atoms with E-state index in [0.29, 0.717) is 22.3 Å². The minimum atomic E-state index is -0.322. The third kappa shape index (κ3) is 2.53. The highest BCUT2D eigenvalue weighted by molar-refractivity contribution is 9.10. The minimum absolute atomic E-state index is 0.115. The van der Waals surface area contributed by atoms with E-state index in [1.54, 1.807) is 12.3 Å². The van der Waals surface area contributed by atoms with Crippen molar-refractivity contribution in [3.63, 3.8) is 0 Å². The second-order valence-corrected chi connectivity index (χ2v) is 6.62. The number of anilines is 1. The maximum atomic E-state index is 11.3. The zero-order valence-electron chi connectivity index (χ0n) is 11.3. The second kappa shape index (κ2) is 5.68. The van der Waals surface area contributed by atoms with Gasteiger partial charge in [0.25, 0.3) is 0 Å². The van der Waals surface area contributed by atoms with Crippen molar-refractivity contribution in [1.82, 2.24) is 4.98 Å². The van der Waals surface area contributed by atoms with Crippen LogP contribution in [0.1, 0.15) is 38.5 Å². The van der Waals surface area contributed by atoms with Crippen molar-refractivity contribution in [3.05, 3.63) is 26.9 Å². The molecule has 108 valence electrons. The standard InChI is InChI=1S/C14H18BrN3O2/c15-11-8-13(18(19)20)14(16-9-11)17-7-3-6-12(17)10-4-1-2-5-10/h8-10,12H,1-7H2. The van der Waals surface area contributed by atoms with Crippen LogP contribution >= 0.6 is 15.9 Å². The van der Waals surface area contributed by atoms with E-state index in [0.717, 1.165) is 19.4 Å². The normalized spacial score (nSPS) is 23.4. The zero-order chi connectivity index (χ0) is 14.1. The van der Waals surface area contributed by atoms with Gasteiger partial charge in [0.15, 0.2) is 0 Å². The van der Waals surface area contributed by atoms with Gasteiger partial charge in [-0.2, -0.15) is 0 Å². The average Bonchev–Trinajstić information content (AvgIpc) is 3.09. The van der Waals surface area contributed by atoms with Gasteiger partial charge in [0.1, 0.15) is 0 Å². The fourth-order valence-electron chi connectivity index (χ4n) is 3.66. The Morgan fingerprint density at radius 1 is 1.30 bits per heavy atom. The fourth-order valence-corrected chi connectivity index (χ4v) is 3.98. The van der Waals surface area contributed by atoms with Gasteiger partial charge < -0.3 is 4.90 Å². The van der Waals surface area contributed by atoms with Gasteiger partial charge in [0.2, 0.25) is 5.82 Å². The Kier molecular flexibility index (Phi) is 3.92. The third-order valence-corrected chi connectivity index (χ3v) is 4.96. The first-order chi connectivity index (χ1) is 9.66. The Labute approximate surface area is 126 Å². The van der Waals surface area contributed by atoms with Crippen molar-refractivity contribution in [1.29, 1.82) is 0 Å². The fraction of sp³-hybridized carbons (Fsp3) is 0.643. The van der Waals surface area contributed by atoms with Gasteiger partial charge in [-0.05, 0) is 47.5 Å². The summed E-state index contributed by atoms with van der Waals surface area (Å²) in [6, 6.07) is 2.00. The lowest BCUT2D eigenvalue weighted by Gasteiger charge is -2.30. The molecule has 1 saturated carbocycles. The van der Waals surface area contributed by atoms with Gasteiger partial charge in [-0.25, -0.2) is 4.98 Å². The Hall–Kier alpha value is -1.17. The molecule has 20 heavy (non-hydrogen) atoms. The van der Waals surface area contributed by atoms with E-state index >= 15 is 0 Å². The Morgan fingerprint density at radius 3 is 2.75 bits per heavy atom. The SMILES string of the molecule is O=[N+]([O-])c1cc(Br)cnc1N1CCCC1C1CCCC1. The van der Waals surface area contributed by atoms with Crippen molar-refractivity contribution in [2.75, 3.05) is 11.4 Å². The Balaban J connectivity index is 1.92. The lowest BCUT2D eigenvalue weighted by Crippen LogP contribution is -2.35. The van der Waals surface area contributed by atoms with E-state index in [1.165, 1.54) is 25.7 Å². The van der Waals surface area contributed by atoms with Crippen LogP contribution in [0.4, 0.5) is 11.5 Å². The molecule has 1 aromatic rings. The number of halogens is 1. The molecule has 0 spiro atoms. The van der Waals surface area contributed by atoms with Crippen LogP contribution in [0.15, 0.2) is 16.7 Å². The molecule has 1 unspecified atom stereocenters. The topological polar surface area (TPSA) is 59.3 Å². The lowest BCUT2D eigenvalue weighted by atomic mass is 9.96. The second-order valence-electron chi connectivity index (χ2n) is 5.70. The van der Waals surface area contributed by atoms with E-state index in [9.17, 15) is 10.1 Å². The zero-order valence-corrected chi connectivity index (χ0v) is 12.9. The van der Waals surface area contributed by atoms with E-state index in [2.05, 4.69) is 25.8 Å². The largest absolute Gasteiger partial charge is 0.348 e. The van der Waals surface area contributed by atoms with Gasteiger partial charge in [-0.3, -0.25) is 10.1 Å². The highest BCUT2D eigenvalue weighted by Crippen LogP contribution is 2.40. The van der Waals surface area contributed by atoms with Gasteiger partial charge in [0.05, 0.1) is 4.92 Å². The molecule has 2 aliphatic rings. The van der Waals surface area contributed by atoms with Gasteiger partial charge >= 0.3 is 5.69 Å². The van der Waals surface area contributed by atoms with Gasteiger partial charge in [0, 0.05) is 29.3 Å². The molecular formula is C14H18BrN3O2.